The topological polar surface area (TPSA) is 43.4 Å². The summed E-state index contributed by atoms with van der Waals surface area (Å²) >= 11 is 3.11. The van der Waals surface area contributed by atoms with Crippen LogP contribution in [0.1, 0.15) is 19.3 Å². The van der Waals surface area contributed by atoms with Crippen molar-refractivity contribution < 1.29 is 14.3 Å². The van der Waals surface area contributed by atoms with Crippen molar-refractivity contribution in [3.8, 4) is 0 Å². The van der Waals surface area contributed by atoms with Crippen molar-refractivity contribution in [3.63, 3.8) is 0 Å². The Morgan fingerprint density at radius 3 is 2.73 bits per heavy atom. The predicted octanol–water partition coefficient (Wildman–Crippen LogP) is 1.05. The summed E-state index contributed by atoms with van der Waals surface area (Å²) in [7, 11) is 1.29. The first-order chi connectivity index (χ1) is 5.11. The number of ether oxygens (including phenoxy) is 1. The van der Waals surface area contributed by atoms with Gasteiger partial charge in [-0.25, -0.2) is 0 Å². The second-order valence-electron chi connectivity index (χ2n) is 2.57. The van der Waals surface area contributed by atoms with Gasteiger partial charge in [-0.1, -0.05) is 15.9 Å². The van der Waals surface area contributed by atoms with Gasteiger partial charge in [-0.3, -0.25) is 9.59 Å². The molecule has 0 N–H and O–H groups in total. The molecule has 3 nitrogen and oxygen atoms in total. The fourth-order valence-electron chi connectivity index (χ4n) is 1.21. The van der Waals surface area contributed by atoms with Gasteiger partial charge in [0.15, 0.2) is 10.1 Å². The highest BCUT2D eigenvalue weighted by Crippen LogP contribution is 2.35. The third-order valence-electron chi connectivity index (χ3n) is 1.88. The lowest BCUT2D eigenvalue weighted by Crippen LogP contribution is -2.37. The number of hydrogen-bond acceptors (Lipinski definition) is 3. The monoisotopic (exact) mass is 220 g/mol. The molecule has 11 heavy (non-hydrogen) atoms. The van der Waals surface area contributed by atoms with Gasteiger partial charge in [-0.05, 0) is 12.8 Å². The van der Waals surface area contributed by atoms with Crippen LogP contribution in [0.3, 0.4) is 0 Å². The van der Waals surface area contributed by atoms with Crippen LogP contribution >= 0.6 is 15.9 Å². The summed E-state index contributed by atoms with van der Waals surface area (Å²) < 4.78 is 3.47. The van der Waals surface area contributed by atoms with Gasteiger partial charge in [0.05, 0.1) is 7.11 Å². The second kappa shape index (κ2) is 2.93. The largest absolute Gasteiger partial charge is 0.468 e. The lowest BCUT2D eigenvalue weighted by molar-refractivity contribution is -0.145. The van der Waals surface area contributed by atoms with Crippen LogP contribution in [0.5, 0.6) is 0 Å². The number of halogens is 1. The highest BCUT2D eigenvalue weighted by atomic mass is 79.9. The Morgan fingerprint density at radius 2 is 2.36 bits per heavy atom. The van der Waals surface area contributed by atoms with E-state index < -0.39 is 10.3 Å². The van der Waals surface area contributed by atoms with Crippen molar-refractivity contribution in [2.75, 3.05) is 7.11 Å². The summed E-state index contributed by atoms with van der Waals surface area (Å²) in [6, 6.07) is 0. The summed E-state index contributed by atoms with van der Waals surface area (Å²) in [5, 5.41) is 0. The highest BCUT2D eigenvalue weighted by molar-refractivity contribution is 9.10. The van der Waals surface area contributed by atoms with Crippen molar-refractivity contribution >= 4 is 27.7 Å². The molecule has 0 radical (unpaired) electrons. The number of carbonyl (C=O) groups excluding carboxylic acids is 2. The summed E-state index contributed by atoms with van der Waals surface area (Å²) in [5.74, 6) is -0.538. The van der Waals surface area contributed by atoms with E-state index in [2.05, 4.69) is 20.7 Å². The number of carbonyl (C=O) groups is 2. The van der Waals surface area contributed by atoms with Gasteiger partial charge in [0.1, 0.15) is 0 Å². The summed E-state index contributed by atoms with van der Waals surface area (Å²) in [6.45, 7) is 0. The van der Waals surface area contributed by atoms with Crippen LogP contribution in [-0.4, -0.2) is 23.2 Å². The van der Waals surface area contributed by atoms with Gasteiger partial charge in [-0.2, -0.15) is 0 Å². The Balaban J connectivity index is 2.80. The van der Waals surface area contributed by atoms with Crippen LogP contribution in [-0.2, 0) is 14.3 Å². The molecule has 0 saturated heterocycles. The quantitative estimate of drug-likeness (QED) is 0.377. The van der Waals surface area contributed by atoms with Gasteiger partial charge >= 0.3 is 5.97 Å². The van der Waals surface area contributed by atoms with E-state index in [4.69, 9.17) is 0 Å². The fourth-order valence-corrected chi connectivity index (χ4v) is 1.85. The normalized spacial score (nSPS) is 30.5. The third-order valence-corrected chi connectivity index (χ3v) is 3.04. The standard InChI is InChI=1S/C7H9BrO3/c1-11-6(10)7(8)4-2-3-5(7)9/h2-4H2,1H3/t7-/m0/s1. The zero-order valence-corrected chi connectivity index (χ0v) is 7.81. The SMILES string of the molecule is COC(=O)[C@]1(Br)CCCC1=O. The number of alkyl halides is 1. The lowest BCUT2D eigenvalue weighted by Gasteiger charge is -2.15. The van der Waals surface area contributed by atoms with E-state index in [1.54, 1.807) is 0 Å². The van der Waals surface area contributed by atoms with E-state index in [1.807, 2.05) is 0 Å². The Bertz CT molecular complexity index is 202. The molecule has 0 aromatic heterocycles. The fraction of sp³-hybridized carbons (Fsp3) is 0.714. The maximum absolute atomic E-state index is 11.1. The number of methoxy groups -OCH3 is 1. The zero-order valence-electron chi connectivity index (χ0n) is 6.22. The molecule has 0 unspecified atom stereocenters. The molecule has 0 bridgehead atoms. The molecule has 62 valence electrons. The molecule has 0 spiro atoms. The molecule has 4 heteroatoms. The average Bonchev–Trinajstić information content (AvgIpc) is 2.32. The maximum Gasteiger partial charge on any atom is 0.330 e. The van der Waals surface area contributed by atoms with Crippen LogP contribution in [0.15, 0.2) is 0 Å². The average molecular weight is 221 g/mol. The van der Waals surface area contributed by atoms with E-state index in [0.29, 0.717) is 12.8 Å². The number of Topliss-reactive ketones (excluding diaryl/α,β-unsaturated/α-hetero) is 1. The molecule has 1 aliphatic carbocycles. The Morgan fingerprint density at radius 1 is 1.73 bits per heavy atom. The van der Waals surface area contributed by atoms with Gasteiger partial charge in [0.25, 0.3) is 0 Å². The first kappa shape index (κ1) is 8.71. The number of esters is 1. The smallest absolute Gasteiger partial charge is 0.330 e. The molecule has 0 aromatic rings. The molecule has 0 amide bonds. The van der Waals surface area contributed by atoms with E-state index >= 15 is 0 Å². The molecular formula is C7H9BrO3. The van der Waals surface area contributed by atoms with Crippen molar-refractivity contribution in [3.05, 3.63) is 0 Å². The van der Waals surface area contributed by atoms with E-state index in [1.165, 1.54) is 7.11 Å². The Labute approximate surface area is 73.2 Å². The molecule has 0 aromatic carbocycles. The van der Waals surface area contributed by atoms with Crippen LogP contribution in [0, 0.1) is 0 Å². The molecule has 0 aliphatic heterocycles. The molecule has 1 atom stereocenters. The molecule has 1 fully saturated rings. The van der Waals surface area contributed by atoms with Crippen LogP contribution < -0.4 is 0 Å². The zero-order chi connectivity index (χ0) is 8.48. The minimum atomic E-state index is -1.03. The molecule has 1 saturated carbocycles. The van der Waals surface area contributed by atoms with Crippen LogP contribution in [0.25, 0.3) is 0 Å². The van der Waals surface area contributed by atoms with Crippen molar-refractivity contribution in [1.29, 1.82) is 0 Å². The van der Waals surface area contributed by atoms with Gasteiger partial charge < -0.3 is 4.74 Å². The third kappa shape index (κ3) is 1.31. The summed E-state index contributed by atoms with van der Waals surface area (Å²) in [6.07, 6.45) is 1.79. The number of rotatable bonds is 1. The first-order valence-electron chi connectivity index (χ1n) is 3.42. The van der Waals surface area contributed by atoms with E-state index in [9.17, 15) is 9.59 Å². The minimum absolute atomic E-state index is 0.0654. The van der Waals surface area contributed by atoms with E-state index in [-0.39, 0.29) is 5.78 Å². The van der Waals surface area contributed by atoms with Crippen molar-refractivity contribution in [1.82, 2.24) is 0 Å². The summed E-state index contributed by atoms with van der Waals surface area (Å²) in [4.78, 5) is 22.2. The van der Waals surface area contributed by atoms with Crippen molar-refractivity contribution in [2.45, 2.75) is 23.6 Å². The van der Waals surface area contributed by atoms with Crippen LogP contribution in [0.2, 0.25) is 0 Å². The summed E-state index contributed by atoms with van der Waals surface area (Å²) in [5.41, 5.74) is 0. The Kier molecular flexibility index (Phi) is 2.32. The maximum atomic E-state index is 11.1. The molecule has 0 heterocycles. The molecule has 1 rings (SSSR count). The number of hydrogen-bond donors (Lipinski definition) is 0. The highest BCUT2D eigenvalue weighted by Gasteiger charge is 2.47. The van der Waals surface area contributed by atoms with E-state index in [0.717, 1.165) is 6.42 Å². The van der Waals surface area contributed by atoms with Crippen molar-refractivity contribution in [2.24, 2.45) is 0 Å². The van der Waals surface area contributed by atoms with Gasteiger partial charge in [-0.15, -0.1) is 0 Å². The Hall–Kier alpha value is -0.380. The predicted molar refractivity (Wildman–Crippen MR) is 42.5 cm³/mol. The minimum Gasteiger partial charge on any atom is -0.468 e. The number of ketones is 1. The van der Waals surface area contributed by atoms with Gasteiger partial charge in [0.2, 0.25) is 0 Å². The molecule has 1 aliphatic rings. The lowest BCUT2D eigenvalue weighted by atomic mass is 10.1. The second-order valence-corrected chi connectivity index (χ2v) is 3.92. The first-order valence-corrected chi connectivity index (χ1v) is 4.21. The van der Waals surface area contributed by atoms with Crippen LogP contribution in [0.4, 0.5) is 0 Å². The van der Waals surface area contributed by atoms with Gasteiger partial charge in [0, 0.05) is 6.42 Å². The molecular weight excluding hydrogens is 212 g/mol.